The molecule has 5 heteroatoms. The molecule has 0 bridgehead atoms. The zero-order valence-corrected chi connectivity index (χ0v) is 13.0. The van der Waals surface area contributed by atoms with Crippen LogP contribution >= 0.6 is 15.9 Å². The lowest BCUT2D eigenvalue weighted by Crippen LogP contribution is -2.35. The molecule has 1 atom stereocenters. The molecule has 0 aliphatic rings. The highest BCUT2D eigenvalue weighted by Crippen LogP contribution is 2.17. The van der Waals surface area contributed by atoms with Gasteiger partial charge in [-0.25, -0.2) is 0 Å². The van der Waals surface area contributed by atoms with Crippen molar-refractivity contribution in [1.29, 1.82) is 0 Å². The van der Waals surface area contributed by atoms with E-state index in [9.17, 15) is 5.11 Å². The summed E-state index contributed by atoms with van der Waals surface area (Å²) in [5, 5.41) is 13.7. The van der Waals surface area contributed by atoms with Crippen LogP contribution in [0.5, 0.6) is 11.5 Å². The maximum Gasteiger partial charge on any atom is 0.119 e. The highest BCUT2D eigenvalue weighted by atomic mass is 79.9. The summed E-state index contributed by atoms with van der Waals surface area (Å²) in [6.45, 7) is 5.53. The molecule has 2 N–H and O–H groups in total. The minimum absolute atomic E-state index is 0.279. The third kappa shape index (κ3) is 7.40. The van der Waals surface area contributed by atoms with Crippen LogP contribution in [0.3, 0.4) is 0 Å². The van der Waals surface area contributed by atoms with Crippen molar-refractivity contribution in [2.24, 2.45) is 0 Å². The predicted molar refractivity (Wildman–Crippen MR) is 80.4 cm³/mol. The standard InChI is InChI=1S/C14H22BrNO3/c1-11(2)16-9-12(17)10-19-14-5-3-13(4-6-14)18-8-7-15/h3-6,11-12,16-17H,7-10H2,1-2H3. The van der Waals surface area contributed by atoms with Gasteiger partial charge in [-0.2, -0.15) is 0 Å². The van der Waals surface area contributed by atoms with Crippen molar-refractivity contribution < 1.29 is 14.6 Å². The van der Waals surface area contributed by atoms with Crippen LogP contribution in [0.2, 0.25) is 0 Å². The van der Waals surface area contributed by atoms with E-state index in [2.05, 4.69) is 21.2 Å². The van der Waals surface area contributed by atoms with Crippen LogP contribution in [0.1, 0.15) is 13.8 Å². The molecule has 0 aliphatic heterocycles. The first kappa shape index (κ1) is 16.3. The molecule has 0 saturated carbocycles. The highest BCUT2D eigenvalue weighted by molar-refractivity contribution is 9.09. The van der Waals surface area contributed by atoms with Crippen LogP contribution < -0.4 is 14.8 Å². The molecule has 0 aliphatic carbocycles. The van der Waals surface area contributed by atoms with Gasteiger partial charge in [-0.3, -0.25) is 0 Å². The van der Waals surface area contributed by atoms with Crippen molar-refractivity contribution in [3.8, 4) is 11.5 Å². The molecule has 108 valence electrons. The fourth-order valence-electron chi connectivity index (χ4n) is 1.41. The number of benzene rings is 1. The van der Waals surface area contributed by atoms with E-state index >= 15 is 0 Å². The first-order chi connectivity index (χ1) is 9.11. The second kappa shape index (κ2) is 9.18. The van der Waals surface area contributed by atoms with Crippen LogP contribution in [-0.2, 0) is 0 Å². The zero-order chi connectivity index (χ0) is 14.1. The lowest BCUT2D eigenvalue weighted by Gasteiger charge is -2.15. The maximum atomic E-state index is 9.71. The summed E-state index contributed by atoms with van der Waals surface area (Å²) in [6, 6.07) is 7.76. The zero-order valence-electron chi connectivity index (χ0n) is 11.4. The Kier molecular flexibility index (Phi) is 7.86. The smallest absolute Gasteiger partial charge is 0.119 e. The SMILES string of the molecule is CC(C)NCC(O)COc1ccc(OCCBr)cc1. The Morgan fingerprint density at radius 2 is 1.74 bits per heavy atom. The third-order valence-electron chi connectivity index (χ3n) is 2.37. The molecule has 0 aromatic heterocycles. The van der Waals surface area contributed by atoms with Crippen molar-refractivity contribution in [1.82, 2.24) is 5.32 Å². The number of aliphatic hydroxyl groups is 1. The molecule has 19 heavy (non-hydrogen) atoms. The van der Waals surface area contributed by atoms with Gasteiger partial charge in [-0.1, -0.05) is 29.8 Å². The number of alkyl halides is 1. The number of nitrogens with one attached hydrogen (secondary N) is 1. The van der Waals surface area contributed by atoms with Crippen molar-refractivity contribution in [2.45, 2.75) is 26.0 Å². The van der Waals surface area contributed by atoms with E-state index in [1.807, 2.05) is 38.1 Å². The Balaban J connectivity index is 2.29. The molecule has 0 amide bonds. The van der Waals surface area contributed by atoms with Crippen molar-refractivity contribution in [3.63, 3.8) is 0 Å². The lowest BCUT2D eigenvalue weighted by molar-refractivity contribution is 0.104. The van der Waals surface area contributed by atoms with E-state index in [0.29, 0.717) is 19.2 Å². The van der Waals surface area contributed by atoms with E-state index in [1.54, 1.807) is 0 Å². The van der Waals surface area contributed by atoms with Crippen LogP contribution in [-0.4, -0.2) is 42.3 Å². The summed E-state index contributed by atoms with van der Waals surface area (Å²) < 4.78 is 10.9. The maximum absolute atomic E-state index is 9.71. The minimum Gasteiger partial charge on any atom is -0.493 e. The average Bonchev–Trinajstić information content (AvgIpc) is 2.41. The Labute approximate surface area is 123 Å². The van der Waals surface area contributed by atoms with Crippen LogP contribution in [0.15, 0.2) is 24.3 Å². The second-order valence-corrected chi connectivity index (χ2v) is 5.33. The number of halogens is 1. The van der Waals surface area contributed by atoms with Gasteiger partial charge >= 0.3 is 0 Å². The van der Waals surface area contributed by atoms with Gasteiger partial charge in [0.2, 0.25) is 0 Å². The first-order valence-electron chi connectivity index (χ1n) is 6.45. The molecule has 0 radical (unpaired) electrons. The van der Waals surface area contributed by atoms with Gasteiger partial charge in [0, 0.05) is 17.9 Å². The molecule has 0 fully saturated rings. The fourth-order valence-corrected chi connectivity index (χ4v) is 1.57. The van der Waals surface area contributed by atoms with Gasteiger partial charge in [-0.15, -0.1) is 0 Å². The third-order valence-corrected chi connectivity index (χ3v) is 2.70. The molecular weight excluding hydrogens is 310 g/mol. The van der Waals surface area contributed by atoms with Gasteiger partial charge in [-0.05, 0) is 24.3 Å². The summed E-state index contributed by atoms with van der Waals surface area (Å²) >= 11 is 3.30. The molecule has 4 nitrogen and oxygen atoms in total. The molecule has 1 rings (SSSR count). The molecule has 1 unspecified atom stereocenters. The number of ether oxygens (including phenoxy) is 2. The molecule has 0 spiro atoms. The van der Waals surface area contributed by atoms with Gasteiger partial charge in [0.05, 0.1) is 6.61 Å². The van der Waals surface area contributed by atoms with Crippen LogP contribution in [0.25, 0.3) is 0 Å². The summed E-state index contributed by atoms with van der Waals surface area (Å²) in [6.07, 6.45) is -0.508. The number of rotatable bonds is 9. The minimum atomic E-state index is -0.508. The Bertz CT molecular complexity index is 343. The molecular formula is C14H22BrNO3. The van der Waals surface area contributed by atoms with Crippen molar-refractivity contribution in [2.75, 3.05) is 25.1 Å². The first-order valence-corrected chi connectivity index (χ1v) is 7.57. The summed E-state index contributed by atoms with van der Waals surface area (Å²) in [7, 11) is 0. The van der Waals surface area contributed by atoms with E-state index in [4.69, 9.17) is 9.47 Å². The van der Waals surface area contributed by atoms with E-state index in [0.717, 1.165) is 16.8 Å². The van der Waals surface area contributed by atoms with Gasteiger partial charge in [0.1, 0.15) is 24.2 Å². The monoisotopic (exact) mass is 331 g/mol. The topological polar surface area (TPSA) is 50.7 Å². The molecule has 0 heterocycles. The fraction of sp³-hybridized carbons (Fsp3) is 0.571. The van der Waals surface area contributed by atoms with E-state index in [1.165, 1.54) is 0 Å². The van der Waals surface area contributed by atoms with Crippen molar-refractivity contribution in [3.05, 3.63) is 24.3 Å². The summed E-state index contributed by atoms with van der Waals surface area (Å²) in [4.78, 5) is 0. The van der Waals surface area contributed by atoms with Gasteiger partial charge in [0.25, 0.3) is 0 Å². The Morgan fingerprint density at radius 1 is 1.16 bits per heavy atom. The number of hydrogen-bond acceptors (Lipinski definition) is 4. The van der Waals surface area contributed by atoms with Crippen LogP contribution in [0, 0.1) is 0 Å². The Morgan fingerprint density at radius 3 is 2.26 bits per heavy atom. The lowest BCUT2D eigenvalue weighted by atomic mass is 10.3. The quantitative estimate of drug-likeness (QED) is 0.681. The molecule has 0 saturated heterocycles. The van der Waals surface area contributed by atoms with Crippen LogP contribution in [0.4, 0.5) is 0 Å². The normalized spacial score (nSPS) is 12.5. The average molecular weight is 332 g/mol. The Hall–Kier alpha value is -0.780. The van der Waals surface area contributed by atoms with E-state index < -0.39 is 6.10 Å². The van der Waals surface area contributed by atoms with E-state index in [-0.39, 0.29) is 6.61 Å². The number of aliphatic hydroxyl groups excluding tert-OH is 1. The molecule has 1 aromatic rings. The van der Waals surface area contributed by atoms with Gasteiger partial charge < -0.3 is 19.9 Å². The second-order valence-electron chi connectivity index (χ2n) is 4.54. The highest BCUT2D eigenvalue weighted by Gasteiger charge is 2.06. The van der Waals surface area contributed by atoms with Crippen molar-refractivity contribution >= 4 is 15.9 Å². The largest absolute Gasteiger partial charge is 0.493 e. The molecule has 1 aromatic carbocycles. The number of hydrogen-bond donors (Lipinski definition) is 2. The summed E-state index contributed by atoms with van der Waals surface area (Å²) in [5.41, 5.74) is 0. The van der Waals surface area contributed by atoms with Gasteiger partial charge in [0.15, 0.2) is 0 Å². The predicted octanol–water partition coefficient (Wildman–Crippen LogP) is 2.20. The summed E-state index contributed by atoms with van der Waals surface area (Å²) in [5.74, 6) is 1.55.